The summed E-state index contributed by atoms with van der Waals surface area (Å²) in [5, 5.41) is 84.8. The molecule has 5 rings (SSSR count). The molecule has 0 saturated carbocycles. The third kappa shape index (κ3) is 12.3. The normalized spacial score (nSPS) is 13.6. The van der Waals surface area contributed by atoms with Crippen LogP contribution < -0.4 is 0 Å². The lowest BCUT2D eigenvalue weighted by molar-refractivity contribution is 0.0754. The molecule has 394 valence electrons. The maximum absolute atomic E-state index is 12.9. The predicted octanol–water partition coefficient (Wildman–Crippen LogP) is 15.6. The lowest BCUT2D eigenvalue weighted by Crippen LogP contribution is -2.20. The summed E-state index contributed by atoms with van der Waals surface area (Å²) in [7, 11) is 0. The summed E-state index contributed by atoms with van der Waals surface area (Å²) in [6.07, 6.45) is 0.995. The molecule has 0 aromatic heterocycles. The summed E-state index contributed by atoms with van der Waals surface area (Å²) >= 11 is 0. The van der Waals surface area contributed by atoms with E-state index in [0.717, 1.165) is 66.8 Å². The van der Waals surface area contributed by atoms with Crippen molar-refractivity contribution >= 4 is 0 Å². The Balaban J connectivity index is 2.07. The molecule has 0 fully saturated rings. The first-order chi connectivity index (χ1) is 32.2. The predicted molar refractivity (Wildman–Crippen MR) is 300 cm³/mol. The van der Waals surface area contributed by atoms with Crippen LogP contribution in [0.25, 0.3) is 0 Å². The highest BCUT2D eigenvalue weighted by molar-refractivity contribution is 5.65. The van der Waals surface area contributed by atoms with E-state index in [2.05, 4.69) is 149 Å². The largest absolute Gasteiger partial charge is 0.507 e. The Labute approximate surface area is 434 Å². The van der Waals surface area contributed by atoms with Crippen molar-refractivity contribution in [2.45, 2.75) is 228 Å². The van der Waals surface area contributed by atoms with E-state index in [9.17, 15) is 35.7 Å². The zero-order valence-corrected chi connectivity index (χ0v) is 48.6. The second kappa shape index (κ2) is 19.0. The first kappa shape index (κ1) is 57.8. The summed E-state index contributed by atoms with van der Waals surface area (Å²) in [5.74, 6) is 0.293. The average molecular weight is 985 g/mol. The van der Waals surface area contributed by atoms with E-state index in [1.165, 1.54) is 0 Å². The van der Waals surface area contributed by atoms with Crippen molar-refractivity contribution < 1.29 is 35.7 Å². The first-order valence-electron chi connectivity index (χ1n) is 26.0. The molecule has 0 atom stereocenters. The van der Waals surface area contributed by atoms with Crippen molar-refractivity contribution in [3.63, 3.8) is 0 Å². The second-order valence-corrected chi connectivity index (χ2v) is 28.8. The van der Waals surface area contributed by atoms with Gasteiger partial charge in [-0.3, -0.25) is 0 Å². The Morgan fingerprint density at radius 3 is 0.556 bits per heavy atom. The molecule has 0 amide bonds. The van der Waals surface area contributed by atoms with Crippen molar-refractivity contribution in [1.82, 2.24) is 0 Å². The van der Waals surface area contributed by atoms with Crippen LogP contribution in [0.5, 0.6) is 34.5 Å². The molecule has 7 heteroatoms. The van der Waals surface area contributed by atoms with Gasteiger partial charge in [0.15, 0.2) is 11.5 Å². The molecule has 7 nitrogen and oxygen atoms in total. The van der Waals surface area contributed by atoms with Gasteiger partial charge in [0.2, 0.25) is 0 Å². The van der Waals surface area contributed by atoms with Crippen LogP contribution in [0.2, 0.25) is 0 Å². The van der Waals surface area contributed by atoms with Gasteiger partial charge in [-0.05, 0) is 143 Å². The fourth-order valence-electron chi connectivity index (χ4n) is 10.2. The van der Waals surface area contributed by atoms with Gasteiger partial charge in [0.05, 0.1) is 5.60 Å². The molecular weight excluding hydrogens is 893 g/mol. The summed E-state index contributed by atoms with van der Waals surface area (Å²) in [5.41, 5.74) is 7.44. The van der Waals surface area contributed by atoms with Crippen LogP contribution in [0.15, 0.2) is 48.5 Å². The van der Waals surface area contributed by atoms with Crippen LogP contribution in [0.1, 0.15) is 248 Å². The van der Waals surface area contributed by atoms with Crippen LogP contribution in [0, 0.1) is 0 Å². The molecule has 0 saturated heterocycles. The summed E-state index contributed by atoms with van der Waals surface area (Å²) < 4.78 is 0. The zero-order chi connectivity index (χ0) is 55.2. The number of aromatic hydroxyl groups is 6. The minimum absolute atomic E-state index is 0.0189. The van der Waals surface area contributed by atoms with Gasteiger partial charge >= 0.3 is 0 Å². The molecule has 0 unspecified atom stereocenters. The number of hydrogen-bond donors (Lipinski definition) is 7. The van der Waals surface area contributed by atoms with Gasteiger partial charge in [-0.2, -0.15) is 0 Å². The van der Waals surface area contributed by atoms with E-state index in [1.807, 2.05) is 39.0 Å². The fraction of sp³-hybridized carbons (Fsp3) is 0.538. The molecule has 0 bridgehead atoms. The van der Waals surface area contributed by atoms with Crippen LogP contribution in [-0.2, 0) is 69.2 Å². The number of hydrogen-bond acceptors (Lipinski definition) is 7. The molecule has 7 N–H and O–H groups in total. The Hall–Kier alpha value is -5.14. The monoisotopic (exact) mass is 985 g/mol. The molecule has 0 aliphatic carbocycles. The molecular formula is C65H92O7. The van der Waals surface area contributed by atoms with Crippen LogP contribution in [0.4, 0.5) is 0 Å². The Kier molecular flexibility index (Phi) is 15.2. The van der Waals surface area contributed by atoms with Gasteiger partial charge in [-0.15, -0.1) is 0 Å². The van der Waals surface area contributed by atoms with E-state index < -0.39 is 43.5 Å². The maximum Gasteiger partial charge on any atom is 0.161 e. The Morgan fingerprint density at radius 1 is 0.236 bits per heavy atom. The molecule has 72 heavy (non-hydrogen) atoms. The number of benzene rings is 5. The quantitative estimate of drug-likeness (QED) is 0.0729. The third-order valence-electron chi connectivity index (χ3n) is 14.4. The van der Waals surface area contributed by atoms with Crippen LogP contribution >= 0.6 is 0 Å². The van der Waals surface area contributed by atoms with Crippen LogP contribution in [0.3, 0.4) is 0 Å². The highest BCUT2D eigenvalue weighted by atomic mass is 16.3. The molecule has 0 aliphatic heterocycles. The van der Waals surface area contributed by atoms with Gasteiger partial charge in [0, 0.05) is 29.5 Å². The smallest absolute Gasteiger partial charge is 0.161 e. The van der Waals surface area contributed by atoms with Gasteiger partial charge < -0.3 is 35.7 Å². The lowest BCUT2D eigenvalue weighted by Gasteiger charge is -2.31. The van der Waals surface area contributed by atoms with E-state index in [1.54, 1.807) is 19.9 Å². The summed E-state index contributed by atoms with van der Waals surface area (Å²) in [6, 6.07) is 16.1. The third-order valence-corrected chi connectivity index (χ3v) is 14.4. The first-order valence-corrected chi connectivity index (χ1v) is 26.0. The molecule has 0 heterocycles. The number of phenolic OH excluding ortho intramolecular Hbond substituents is 6. The molecule has 5 aromatic carbocycles. The van der Waals surface area contributed by atoms with E-state index in [-0.39, 0.29) is 47.3 Å². The Morgan fingerprint density at radius 2 is 0.389 bits per heavy atom. The summed E-state index contributed by atoms with van der Waals surface area (Å²) in [4.78, 5) is 0. The Bertz CT molecular complexity index is 2520. The van der Waals surface area contributed by atoms with Gasteiger partial charge in [0.25, 0.3) is 0 Å². The highest BCUT2D eigenvalue weighted by Gasteiger charge is 2.34. The molecule has 0 spiro atoms. The SMILES string of the molecule is CC(C)(C)c1cc(Cc2c(O)c(O)c(Cc3cc(C(C)(C)C)c(O)c(C(C)(C)O)c3)c(Cc3cc(C(C)(C)C)c(O)c(C(C)(C)C)c3)c2Cc2cc(C(C)(C)C)c(O)c(C(C)(C)C)c2)cc(C(C)(C)C)c1O. The molecule has 0 aliphatic rings. The number of aliphatic hydroxyl groups is 1. The molecule has 5 aromatic rings. The minimum atomic E-state index is -1.41. The van der Waals surface area contributed by atoms with E-state index in [0.29, 0.717) is 35.1 Å². The van der Waals surface area contributed by atoms with Gasteiger partial charge in [-0.1, -0.05) is 188 Å². The van der Waals surface area contributed by atoms with Crippen molar-refractivity contribution in [3.8, 4) is 34.5 Å². The lowest BCUT2D eigenvalue weighted by atomic mass is 9.75. The van der Waals surface area contributed by atoms with E-state index in [4.69, 9.17) is 0 Å². The zero-order valence-electron chi connectivity index (χ0n) is 48.6. The van der Waals surface area contributed by atoms with Gasteiger partial charge in [-0.25, -0.2) is 0 Å². The van der Waals surface area contributed by atoms with Crippen molar-refractivity contribution in [3.05, 3.63) is 138 Å². The van der Waals surface area contributed by atoms with Crippen molar-refractivity contribution in [2.24, 2.45) is 0 Å². The second-order valence-electron chi connectivity index (χ2n) is 28.8. The maximum atomic E-state index is 12.9. The highest BCUT2D eigenvalue weighted by Crippen LogP contribution is 2.49. The van der Waals surface area contributed by atoms with Crippen molar-refractivity contribution in [2.75, 3.05) is 0 Å². The average Bonchev–Trinajstić information content (AvgIpc) is 3.18. The van der Waals surface area contributed by atoms with Gasteiger partial charge in [0.1, 0.15) is 23.0 Å². The summed E-state index contributed by atoms with van der Waals surface area (Å²) in [6.45, 7) is 47.0. The topological polar surface area (TPSA) is 142 Å². The van der Waals surface area contributed by atoms with Crippen molar-refractivity contribution in [1.29, 1.82) is 0 Å². The number of phenols is 6. The molecule has 0 radical (unpaired) electrons. The minimum Gasteiger partial charge on any atom is -0.507 e. The van der Waals surface area contributed by atoms with E-state index >= 15 is 0 Å². The van der Waals surface area contributed by atoms with Crippen LogP contribution in [-0.4, -0.2) is 35.7 Å². The fourth-order valence-corrected chi connectivity index (χ4v) is 10.2. The standard InChI is InChI=1S/C65H92O7/c1-58(2,3)44-28-36(29-45(54(44)68)59(4,5)6)24-40-41(25-37-30-46(60(7,8)9)55(69)47(31-37)61(10,11)12)43(27-39-34-50(64(19,20)21)57(71)51(35-39)65(22,23)72)53(67)52(66)42(40)26-38-32-48(62(13,14)15)56(70)49(33-38)63(16,17)18/h28-35,66-72H,24-27H2,1-23H3. The number of rotatable bonds is 9.